The van der Waals surface area contributed by atoms with Crippen molar-refractivity contribution >= 4 is 11.3 Å². The molecule has 0 N–H and O–H groups in total. The Morgan fingerprint density at radius 2 is 1.07 bits per heavy atom. The van der Waals surface area contributed by atoms with Gasteiger partial charge < -0.3 is 0 Å². The summed E-state index contributed by atoms with van der Waals surface area (Å²) in [5.74, 6) is -16.0. The van der Waals surface area contributed by atoms with Gasteiger partial charge in [0, 0.05) is 11.1 Å². The van der Waals surface area contributed by atoms with E-state index in [0.29, 0.717) is 0 Å². The highest BCUT2D eigenvalue weighted by Gasteiger charge is 2.33. The lowest BCUT2D eigenvalue weighted by molar-refractivity contribution is 0.410. The molecule has 0 fully saturated rings. The topological polar surface area (TPSA) is 82.1 Å². The van der Waals surface area contributed by atoms with Gasteiger partial charge >= 0.3 is 0 Å². The Morgan fingerprint density at radius 1 is 0.619 bits per heavy atom. The van der Waals surface area contributed by atoms with Crippen molar-refractivity contribution in [3.63, 3.8) is 0 Å². The summed E-state index contributed by atoms with van der Waals surface area (Å²) in [7, 11) is 0. The normalized spacial score (nSPS) is 12.5. The maximum Gasteiger partial charge on any atom is 0.270 e. The molecule has 1 aliphatic rings. The van der Waals surface area contributed by atoms with Crippen molar-refractivity contribution in [1.29, 1.82) is 10.5 Å². The first kappa shape index (κ1) is 27.4. The Balaban J connectivity index is 1.97. The smallest absolute Gasteiger partial charge is 0.237 e. The molecule has 2 heterocycles. The third-order valence-corrected chi connectivity index (χ3v) is 6.35. The van der Waals surface area contributed by atoms with Crippen LogP contribution in [0.3, 0.4) is 0 Å². The summed E-state index contributed by atoms with van der Waals surface area (Å²) in [4.78, 5) is 11.2. The lowest BCUT2D eigenvalue weighted by Crippen LogP contribution is -2.04. The van der Waals surface area contributed by atoms with Gasteiger partial charge in [0.25, 0.3) is 29.5 Å². The number of fused-ring (bicyclic) bond motifs is 3. The minimum atomic E-state index is -2.04. The van der Waals surface area contributed by atoms with Crippen molar-refractivity contribution < 1.29 is 35.1 Å². The van der Waals surface area contributed by atoms with E-state index in [2.05, 4.69) is 19.7 Å². The van der Waals surface area contributed by atoms with Crippen LogP contribution in [0.1, 0.15) is 16.7 Å². The second kappa shape index (κ2) is 9.81. The number of benzene rings is 2. The second-order valence-corrected chi connectivity index (χ2v) is 8.42. The van der Waals surface area contributed by atoms with E-state index in [1.807, 2.05) is 0 Å². The molecule has 2 aromatic heterocycles. The number of nitrogens with zero attached hydrogens (tertiary/aromatic N) is 6. The first-order valence-electron chi connectivity index (χ1n) is 11.1. The van der Waals surface area contributed by atoms with Crippen molar-refractivity contribution in [2.45, 2.75) is 0 Å². The second-order valence-electron chi connectivity index (χ2n) is 8.42. The van der Waals surface area contributed by atoms with Crippen LogP contribution in [-0.2, 0) is 0 Å². The molecule has 0 radical (unpaired) electrons. The minimum absolute atomic E-state index is 0.114. The van der Waals surface area contributed by atoms with E-state index in [1.54, 1.807) is 12.1 Å². The highest BCUT2D eigenvalue weighted by molar-refractivity contribution is 6.07. The van der Waals surface area contributed by atoms with Gasteiger partial charge in [-0.2, -0.15) is 32.8 Å². The highest BCUT2D eigenvalue weighted by atomic mass is 19.2. The van der Waals surface area contributed by atoms with Crippen LogP contribution >= 0.6 is 0 Å². The van der Waals surface area contributed by atoms with Gasteiger partial charge in [-0.3, -0.25) is 0 Å². The number of nitriles is 2. The van der Waals surface area contributed by atoms with Crippen LogP contribution in [-0.4, -0.2) is 9.97 Å². The van der Waals surface area contributed by atoms with Crippen molar-refractivity contribution in [3.8, 4) is 45.5 Å². The molecule has 4 aromatic rings. The number of halogens is 8. The minimum Gasteiger partial charge on any atom is -0.237 e. The zero-order valence-corrected chi connectivity index (χ0v) is 20.0. The van der Waals surface area contributed by atoms with Crippen molar-refractivity contribution in [1.82, 2.24) is 9.97 Å². The van der Waals surface area contributed by atoms with Crippen LogP contribution in [0.25, 0.3) is 48.6 Å². The quantitative estimate of drug-likeness (QED) is 0.0942. The third kappa shape index (κ3) is 3.82. The standard InChI is InChI=1S/C28H4F8N6/c1-39-16-6-14-12(5-15(16)20-23(31)27(35)42-28(36)24(20)32)11-4-10(19-21(29)25(33)41-26(34)22(19)30)9(7-37)3-13(11)18(14)17(8-38)40-2/h3-6H/b18-17-. The highest BCUT2D eigenvalue weighted by Crippen LogP contribution is 2.52. The van der Waals surface area contributed by atoms with Gasteiger partial charge in [-0.15, -0.1) is 0 Å². The molecule has 0 saturated heterocycles. The number of hydrogen-bond donors (Lipinski definition) is 0. The summed E-state index contributed by atoms with van der Waals surface area (Å²) in [6, 6.07) is 6.85. The molecular formula is C28H4F8N6. The predicted octanol–water partition coefficient (Wildman–Crippen LogP) is 7.53. The average Bonchev–Trinajstić information content (AvgIpc) is 3.27. The summed E-state index contributed by atoms with van der Waals surface area (Å²) >= 11 is 0. The van der Waals surface area contributed by atoms with Crippen LogP contribution in [0.2, 0.25) is 0 Å². The van der Waals surface area contributed by atoms with E-state index in [1.165, 1.54) is 0 Å². The summed E-state index contributed by atoms with van der Waals surface area (Å²) in [5, 5.41) is 19.3. The fourth-order valence-corrected chi connectivity index (χ4v) is 4.62. The first-order valence-corrected chi connectivity index (χ1v) is 11.1. The van der Waals surface area contributed by atoms with E-state index in [4.69, 9.17) is 13.1 Å². The zero-order valence-electron chi connectivity index (χ0n) is 20.0. The maximum atomic E-state index is 14.7. The van der Waals surface area contributed by atoms with Crippen molar-refractivity contribution in [2.75, 3.05) is 0 Å². The molecule has 0 unspecified atom stereocenters. The summed E-state index contributed by atoms with van der Waals surface area (Å²) in [6.45, 7) is 14.9. The number of allylic oxidation sites excluding steroid dienone is 1. The van der Waals surface area contributed by atoms with E-state index in [0.717, 1.165) is 24.3 Å². The average molecular weight is 576 g/mol. The Labute approximate surface area is 229 Å². The van der Waals surface area contributed by atoms with Crippen molar-refractivity contribution in [2.24, 2.45) is 0 Å². The van der Waals surface area contributed by atoms with Gasteiger partial charge in [0.05, 0.1) is 42.0 Å². The molecule has 42 heavy (non-hydrogen) atoms. The molecular weight excluding hydrogens is 572 g/mol. The fraction of sp³-hybridized carbons (Fsp3) is 0. The lowest BCUT2D eigenvalue weighted by atomic mass is 9.92. The van der Waals surface area contributed by atoms with Gasteiger partial charge in [-0.05, 0) is 46.0 Å². The van der Waals surface area contributed by atoms with Crippen LogP contribution in [0.5, 0.6) is 0 Å². The van der Waals surface area contributed by atoms with Gasteiger partial charge in [0.2, 0.25) is 0 Å². The third-order valence-electron chi connectivity index (χ3n) is 6.35. The Bertz CT molecular complexity index is 1930. The molecule has 0 bridgehead atoms. The molecule has 5 rings (SSSR count). The molecule has 0 atom stereocenters. The number of aromatic nitrogens is 2. The van der Waals surface area contributed by atoms with E-state index in [9.17, 15) is 45.6 Å². The predicted molar refractivity (Wildman–Crippen MR) is 127 cm³/mol. The van der Waals surface area contributed by atoms with Crippen LogP contribution in [0, 0.1) is 82.9 Å². The summed E-state index contributed by atoms with van der Waals surface area (Å²) in [5.41, 5.74) is -6.68. The Morgan fingerprint density at radius 3 is 1.50 bits per heavy atom. The maximum absolute atomic E-state index is 14.7. The molecule has 0 saturated carbocycles. The fourth-order valence-electron chi connectivity index (χ4n) is 4.62. The van der Waals surface area contributed by atoms with Crippen LogP contribution in [0.15, 0.2) is 30.0 Å². The van der Waals surface area contributed by atoms with Gasteiger partial charge in [-0.25, -0.2) is 32.5 Å². The first-order chi connectivity index (χ1) is 20.0. The number of pyridine rings is 2. The Hall–Kier alpha value is -6.12. The van der Waals surface area contributed by atoms with Crippen LogP contribution in [0.4, 0.5) is 40.8 Å². The molecule has 2 aromatic carbocycles. The number of rotatable bonds is 2. The SMILES string of the molecule is [C-]#[N+]/C(C#N)=C1/c2cc(C#N)c(-c3c(F)c(F)nc(F)c3F)cc2-c2cc(-c3c(F)c(F)nc(F)c3F)c([N+]#[C-])cc21. The zero-order chi connectivity index (χ0) is 30.6. The molecule has 1 aliphatic carbocycles. The lowest BCUT2D eigenvalue weighted by Gasteiger charge is -2.13. The number of hydrogen-bond acceptors (Lipinski definition) is 4. The molecule has 202 valence electrons. The summed E-state index contributed by atoms with van der Waals surface area (Å²) < 4.78 is 115. The molecule has 6 nitrogen and oxygen atoms in total. The van der Waals surface area contributed by atoms with Crippen molar-refractivity contribution in [3.05, 3.63) is 117 Å². The van der Waals surface area contributed by atoms with E-state index < -0.39 is 86.3 Å². The molecule has 0 aliphatic heterocycles. The molecule has 0 amide bonds. The summed E-state index contributed by atoms with van der Waals surface area (Å²) in [6.07, 6.45) is 0. The van der Waals surface area contributed by atoms with Gasteiger partial charge in [0.15, 0.2) is 29.0 Å². The molecule has 14 heteroatoms. The van der Waals surface area contributed by atoms with Crippen LogP contribution < -0.4 is 0 Å². The van der Waals surface area contributed by atoms with Gasteiger partial charge in [0.1, 0.15) is 0 Å². The van der Waals surface area contributed by atoms with E-state index in [-0.39, 0.29) is 27.8 Å². The van der Waals surface area contributed by atoms with E-state index >= 15 is 0 Å². The largest absolute Gasteiger partial charge is 0.270 e. The van der Waals surface area contributed by atoms with Gasteiger partial charge in [-0.1, -0.05) is 6.07 Å². The Kier molecular flexibility index (Phi) is 6.41. The monoisotopic (exact) mass is 576 g/mol. The molecule has 0 spiro atoms.